The van der Waals surface area contributed by atoms with Gasteiger partial charge in [0.25, 0.3) is 0 Å². The van der Waals surface area contributed by atoms with Gasteiger partial charge in [0.1, 0.15) is 5.75 Å². The van der Waals surface area contributed by atoms with Crippen LogP contribution in [-0.4, -0.2) is 102 Å². The van der Waals surface area contributed by atoms with Gasteiger partial charge < -0.3 is 19.3 Å². The number of carbonyl (C=O) groups excluding carboxylic acids is 2. The number of benzene rings is 1. The quantitative estimate of drug-likeness (QED) is 0.491. The zero-order chi connectivity index (χ0) is 29.4. The third kappa shape index (κ3) is 5.38. The number of nitriles is 1. The Bertz CT molecular complexity index is 1250. The molecular weight excluding hydrogens is 532 g/mol. The summed E-state index contributed by atoms with van der Waals surface area (Å²) in [5.41, 5.74) is 1.39. The Balaban J connectivity index is 1.25. The molecular formula is C32H44N6O4. The number of likely N-dealkylation sites (N-methyl/N-ethyl adjacent to an activating group) is 1. The summed E-state index contributed by atoms with van der Waals surface area (Å²) in [4.78, 5) is 33.4. The first-order chi connectivity index (χ1) is 20.3. The molecule has 0 radical (unpaired) electrons. The van der Waals surface area contributed by atoms with E-state index >= 15 is 0 Å². The predicted octanol–water partition coefficient (Wildman–Crippen LogP) is 1.93. The van der Waals surface area contributed by atoms with Gasteiger partial charge in [0.2, 0.25) is 5.91 Å². The minimum absolute atomic E-state index is 0.00314. The summed E-state index contributed by atoms with van der Waals surface area (Å²) in [5.74, 6) is 0.830. The number of nitrogens with zero attached hydrogens (tertiary/aromatic N) is 4. The molecule has 3 saturated heterocycles. The van der Waals surface area contributed by atoms with Crippen LogP contribution in [0.15, 0.2) is 30.9 Å². The lowest BCUT2D eigenvalue weighted by atomic mass is 9.69. The number of likely N-dealkylation sites (tertiary alicyclic amines) is 1. The van der Waals surface area contributed by atoms with Gasteiger partial charge in [-0.1, -0.05) is 24.8 Å². The molecule has 0 bridgehead atoms. The molecule has 4 heterocycles. The number of aryl methyl sites for hydroxylation is 2. The Morgan fingerprint density at radius 1 is 1.24 bits per heavy atom. The highest BCUT2D eigenvalue weighted by molar-refractivity contribution is 5.94. The summed E-state index contributed by atoms with van der Waals surface area (Å²) < 4.78 is 13.1. The van der Waals surface area contributed by atoms with Crippen molar-refractivity contribution in [3.63, 3.8) is 0 Å². The lowest BCUT2D eigenvalue weighted by molar-refractivity contribution is -0.160. The van der Waals surface area contributed by atoms with Gasteiger partial charge in [-0.3, -0.25) is 25.1 Å². The first kappa shape index (κ1) is 29.3. The number of fused-ring (bicyclic) bond motifs is 2. The van der Waals surface area contributed by atoms with E-state index in [9.17, 15) is 14.9 Å². The number of hydrogen-bond donors (Lipinski definition) is 2. The first-order valence-corrected chi connectivity index (χ1v) is 15.5. The average Bonchev–Trinajstić information content (AvgIpc) is 3.42. The summed E-state index contributed by atoms with van der Waals surface area (Å²) in [6.07, 6.45) is 6.18. The molecule has 2 N–H and O–H groups in total. The maximum Gasteiger partial charge on any atom is 0.246 e. The van der Waals surface area contributed by atoms with Crippen LogP contribution < -0.4 is 15.4 Å². The number of rotatable bonds is 6. The third-order valence-corrected chi connectivity index (χ3v) is 10.3. The Kier molecular flexibility index (Phi) is 8.40. The minimum Gasteiger partial charge on any atom is -0.479 e. The van der Waals surface area contributed by atoms with E-state index < -0.39 is 18.0 Å². The number of amides is 1. The van der Waals surface area contributed by atoms with E-state index in [1.54, 1.807) is 4.90 Å². The summed E-state index contributed by atoms with van der Waals surface area (Å²) >= 11 is 0. The number of Topliss-reactive ketones (excluding diaryl/α,β-unsaturated/α-hetero) is 1. The second kappa shape index (κ2) is 12.1. The van der Waals surface area contributed by atoms with Gasteiger partial charge in [-0.05, 0) is 76.2 Å². The van der Waals surface area contributed by atoms with E-state index in [2.05, 4.69) is 52.3 Å². The van der Waals surface area contributed by atoms with Crippen LogP contribution in [0, 0.1) is 24.2 Å². The fraction of sp³-hybridized carbons (Fsp3) is 0.656. The van der Waals surface area contributed by atoms with E-state index in [4.69, 9.17) is 9.47 Å². The number of ketones is 1. The van der Waals surface area contributed by atoms with Crippen LogP contribution in [0.5, 0.6) is 5.75 Å². The monoisotopic (exact) mass is 576 g/mol. The molecule has 1 spiro atoms. The maximum atomic E-state index is 14.5. The van der Waals surface area contributed by atoms with Gasteiger partial charge in [0.05, 0.1) is 37.3 Å². The Morgan fingerprint density at radius 3 is 2.86 bits per heavy atom. The Labute approximate surface area is 249 Å². The summed E-state index contributed by atoms with van der Waals surface area (Å²) in [6, 6.07) is 8.16. The summed E-state index contributed by atoms with van der Waals surface area (Å²) in [5, 5.41) is 16.8. The highest BCUT2D eigenvalue weighted by atomic mass is 16.5. The second-order valence-electron chi connectivity index (χ2n) is 12.7. The van der Waals surface area contributed by atoms with Gasteiger partial charge in [-0.25, -0.2) is 0 Å². The largest absolute Gasteiger partial charge is 0.479 e. The summed E-state index contributed by atoms with van der Waals surface area (Å²) in [6.45, 7) is 9.05. The molecule has 226 valence electrons. The van der Waals surface area contributed by atoms with Crippen molar-refractivity contribution in [3.05, 3.63) is 42.0 Å². The van der Waals surface area contributed by atoms with E-state index in [-0.39, 0.29) is 36.2 Å². The van der Waals surface area contributed by atoms with Crippen molar-refractivity contribution in [2.75, 3.05) is 39.8 Å². The Morgan fingerprint density at radius 2 is 2.10 bits per heavy atom. The zero-order valence-corrected chi connectivity index (χ0v) is 24.9. The third-order valence-electron chi connectivity index (χ3n) is 10.3. The minimum atomic E-state index is -0.843. The maximum absolute atomic E-state index is 14.5. The van der Waals surface area contributed by atoms with Crippen LogP contribution in [0.25, 0.3) is 0 Å². The van der Waals surface area contributed by atoms with Gasteiger partial charge in [0, 0.05) is 31.6 Å². The number of hydrogen-bond acceptors (Lipinski definition) is 9. The molecule has 42 heavy (non-hydrogen) atoms. The number of nitrogens with one attached hydrogen (secondary N) is 2. The molecule has 1 amide bonds. The molecule has 4 aliphatic heterocycles. The number of ether oxygens (including phenoxy) is 2. The highest BCUT2D eigenvalue weighted by Crippen LogP contribution is 2.44. The average molecular weight is 577 g/mol. The molecule has 7 atom stereocenters. The molecule has 1 aromatic carbocycles. The molecule has 10 heteroatoms. The van der Waals surface area contributed by atoms with Crippen molar-refractivity contribution in [1.82, 2.24) is 25.3 Å². The van der Waals surface area contributed by atoms with Crippen LogP contribution in [0.1, 0.15) is 49.7 Å². The molecule has 4 fully saturated rings. The number of para-hydroxylation sites is 1. The van der Waals surface area contributed by atoms with Crippen molar-refractivity contribution in [1.29, 1.82) is 5.26 Å². The van der Waals surface area contributed by atoms with E-state index in [0.717, 1.165) is 43.5 Å². The van der Waals surface area contributed by atoms with Gasteiger partial charge in [-0.15, -0.1) is 0 Å². The number of piperazine rings is 1. The lowest BCUT2D eigenvalue weighted by Crippen LogP contribution is -2.76. The van der Waals surface area contributed by atoms with E-state index in [1.807, 2.05) is 13.0 Å². The normalized spacial score (nSPS) is 35.3. The van der Waals surface area contributed by atoms with E-state index in [1.165, 1.54) is 11.6 Å². The van der Waals surface area contributed by atoms with Gasteiger partial charge >= 0.3 is 0 Å². The molecule has 1 aliphatic carbocycles. The molecule has 0 aromatic heterocycles. The second-order valence-corrected chi connectivity index (χ2v) is 12.7. The fourth-order valence-electron chi connectivity index (χ4n) is 7.87. The molecule has 6 unspecified atom stereocenters. The molecule has 1 saturated carbocycles. The zero-order valence-electron chi connectivity index (χ0n) is 24.9. The molecule has 5 aliphatic rings. The van der Waals surface area contributed by atoms with Crippen LogP contribution in [-0.2, 0) is 20.7 Å². The fourth-order valence-corrected chi connectivity index (χ4v) is 7.87. The SMILES string of the molecule is C=CC(=O)N1CCN(C2NC(OCC3CCCN3C)NC3C(=O)[C@@]4(CCc5cccc(C)c5O4)CCC32)CC1CC#N. The van der Waals surface area contributed by atoms with Crippen LogP contribution >= 0.6 is 0 Å². The van der Waals surface area contributed by atoms with Crippen LogP contribution in [0.3, 0.4) is 0 Å². The number of carbonyl (C=O) groups is 2. The van der Waals surface area contributed by atoms with Crippen molar-refractivity contribution >= 4 is 11.7 Å². The van der Waals surface area contributed by atoms with Crippen molar-refractivity contribution in [2.45, 2.75) is 88.1 Å². The smallest absolute Gasteiger partial charge is 0.246 e. The van der Waals surface area contributed by atoms with Crippen molar-refractivity contribution in [2.24, 2.45) is 5.92 Å². The van der Waals surface area contributed by atoms with Crippen molar-refractivity contribution < 1.29 is 19.1 Å². The van der Waals surface area contributed by atoms with Gasteiger partial charge in [-0.2, -0.15) is 5.26 Å². The lowest BCUT2D eigenvalue weighted by Gasteiger charge is -2.55. The Hall–Kier alpha value is -2.81. The standard InChI is InChI=1S/C32H44N6O4/c1-4-26(39)38-18-17-37(19-23(38)12-15-33)30-25-11-14-32(13-10-22-8-5-7-21(2)28(22)42-32)29(40)27(25)34-31(35-30)41-20-24-9-6-16-36(24)3/h4-5,7-8,23-25,27,30-31,34-35H,1,6,9-14,16-20H2,2-3H3/t23?,24?,25?,27?,30?,31?,32-/m1/s1. The predicted molar refractivity (Wildman–Crippen MR) is 157 cm³/mol. The van der Waals surface area contributed by atoms with Crippen LogP contribution in [0.4, 0.5) is 0 Å². The topological polar surface area (TPSA) is 110 Å². The molecule has 10 nitrogen and oxygen atoms in total. The van der Waals surface area contributed by atoms with E-state index in [0.29, 0.717) is 45.1 Å². The highest BCUT2D eigenvalue weighted by Gasteiger charge is 2.56. The molecule has 6 rings (SSSR count). The summed E-state index contributed by atoms with van der Waals surface area (Å²) in [7, 11) is 2.13. The first-order valence-electron chi connectivity index (χ1n) is 15.5. The van der Waals surface area contributed by atoms with Crippen LogP contribution in [0.2, 0.25) is 0 Å². The molecule has 1 aromatic rings. The van der Waals surface area contributed by atoms with Crippen molar-refractivity contribution in [3.8, 4) is 11.8 Å². The van der Waals surface area contributed by atoms with Gasteiger partial charge in [0.15, 0.2) is 17.7 Å².